The van der Waals surface area contributed by atoms with Gasteiger partial charge in [-0.2, -0.15) is 0 Å². The second-order valence-corrected chi connectivity index (χ2v) is 5.84. The highest BCUT2D eigenvalue weighted by atomic mass is 79.9. The molecule has 2 aromatic carbocycles. The van der Waals surface area contributed by atoms with Gasteiger partial charge >= 0.3 is 0 Å². The number of methoxy groups -OCH3 is 1. The van der Waals surface area contributed by atoms with Gasteiger partial charge in [0.1, 0.15) is 5.75 Å². The zero-order valence-corrected chi connectivity index (χ0v) is 13.8. The van der Waals surface area contributed by atoms with Gasteiger partial charge in [-0.15, -0.1) is 0 Å². The molecule has 0 bridgehead atoms. The summed E-state index contributed by atoms with van der Waals surface area (Å²) in [6, 6.07) is 9.75. The van der Waals surface area contributed by atoms with Crippen LogP contribution in [0.1, 0.15) is 5.56 Å². The van der Waals surface area contributed by atoms with E-state index in [1.54, 1.807) is 7.11 Å². The fourth-order valence-electron chi connectivity index (χ4n) is 1.72. The number of para-hydroxylation sites is 1. The van der Waals surface area contributed by atoms with Crippen molar-refractivity contribution in [3.05, 3.63) is 44.8 Å². The van der Waals surface area contributed by atoms with Crippen LogP contribution in [0.15, 0.2) is 39.3 Å². The Morgan fingerprint density at radius 1 is 1.11 bits per heavy atom. The summed E-state index contributed by atoms with van der Waals surface area (Å²) in [6.45, 7) is 1.98. The van der Waals surface area contributed by atoms with Crippen LogP contribution in [0.4, 0.5) is 17.1 Å². The van der Waals surface area contributed by atoms with Gasteiger partial charge in [0.2, 0.25) is 0 Å². The molecule has 0 atom stereocenters. The molecule has 3 N–H and O–H groups in total. The number of nitrogen functional groups attached to an aromatic ring is 1. The van der Waals surface area contributed by atoms with E-state index >= 15 is 0 Å². The predicted octanol–water partition coefficient (Wildman–Crippen LogP) is 4.85. The normalized spacial score (nSPS) is 10.3. The molecule has 2 aromatic rings. The van der Waals surface area contributed by atoms with Crippen molar-refractivity contribution in [3.8, 4) is 5.75 Å². The molecule has 0 aromatic heterocycles. The first-order valence-corrected chi connectivity index (χ1v) is 7.26. The van der Waals surface area contributed by atoms with Gasteiger partial charge in [0, 0.05) is 10.5 Å². The third-order valence-electron chi connectivity index (χ3n) is 2.83. The summed E-state index contributed by atoms with van der Waals surface area (Å²) in [4.78, 5) is 0. The number of nitrogens with two attached hydrogens (primary N) is 1. The van der Waals surface area contributed by atoms with Crippen molar-refractivity contribution in [2.45, 2.75) is 6.92 Å². The maximum atomic E-state index is 6.06. The third-order valence-corrected chi connectivity index (χ3v) is 4.11. The Morgan fingerprint density at radius 3 is 2.53 bits per heavy atom. The number of ether oxygens (including phenoxy) is 1. The molecule has 0 unspecified atom stereocenters. The molecule has 100 valence electrons. The molecule has 3 nitrogen and oxygen atoms in total. The van der Waals surface area contributed by atoms with Crippen molar-refractivity contribution in [2.24, 2.45) is 0 Å². The van der Waals surface area contributed by atoms with E-state index in [1.165, 1.54) is 0 Å². The predicted molar refractivity (Wildman–Crippen MR) is 87.3 cm³/mol. The molecule has 5 heteroatoms. The number of halogens is 2. The summed E-state index contributed by atoms with van der Waals surface area (Å²) in [7, 11) is 1.64. The zero-order valence-electron chi connectivity index (χ0n) is 10.6. The van der Waals surface area contributed by atoms with Crippen LogP contribution in [-0.4, -0.2) is 7.11 Å². The second-order valence-electron chi connectivity index (χ2n) is 4.13. The van der Waals surface area contributed by atoms with Crippen LogP contribution in [-0.2, 0) is 0 Å². The lowest BCUT2D eigenvalue weighted by Crippen LogP contribution is -1.99. The SMILES string of the molecule is COc1cc(Nc2cccc(C)c2N)c(Br)cc1Br. The molecular formula is C14H14Br2N2O. The van der Waals surface area contributed by atoms with E-state index in [1.807, 2.05) is 37.3 Å². The Balaban J connectivity index is 2.41. The molecule has 0 amide bonds. The maximum Gasteiger partial charge on any atom is 0.135 e. The minimum atomic E-state index is 0.747. The van der Waals surface area contributed by atoms with Gasteiger partial charge < -0.3 is 15.8 Å². The number of hydrogen-bond acceptors (Lipinski definition) is 3. The van der Waals surface area contributed by atoms with Crippen LogP contribution >= 0.6 is 31.9 Å². The zero-order chi connectivity index (χ0) is 14.0. The minimum Gasteiger partial charge on any atom is -0.495 e. The van der Waals surface area contributed by atoms with E-state index in [0.29, 0.717) is 0 Å². The molecule has 0 saturated heterocycles. The Labute approximate surface area is 129 Å². The fourth-order valence-corrected chi connectivity index (χ4v) is 2.97. The van der Waals surface area contributed by atoms with Gasteiger partial charge in [-0.05, 0) is 56.5 Å². The monoisotopic (exact) mass is 384 g/mol. The number of nitrogens with one attached hydrogen (secondary N) is 1. The highest BCUT2D eigenvalue weighted by Crippen LogP contribution is 2.37. The molecule has 2 rings (SSSR count). The van der Waals surface area contributed by atoms with Crippen LogP contribution < -0.4 is 15.8 Å². The number of aryl methyl sites for hydroxylation is 1. The average molecular weight is 386 g/mol. The van der Waals surface area contributed by atoms with E-state index in [2.05, 4.69) is 37.2 Å². The smallest absolute Gasteiger partial charge is 0.135 e. The Hall–Kier alpha value is -1.20. The number of anilines is 3. The number of hydrogen-bond donors (Lipinski definition) is 2. The van der Waals surface area contributed by atoms with E-state index in [9.17, 15) is 0 Å². The lowest BCUT2D eigenvalue weighted by molar-refractivity contribution is 0.412. The van der Waals surface area contributed by atoms with E-state index < -0.39 is 0 Å². The molecule has 0 heterocycles. The van der Waals surface area contributed by atoms with Gasteiger partial charge in [-0.25, -0.2) is 0 Å². The molecule has 0 aliphatic rings. The topological polar surface area (TPSA) is 47.3 Å². The first kappa shape index (κ1) is 14.2. The van der Waals surface area contributed by atoms with Gasteiger partial charge in [-0.3, -0.25) is 0 Å². The molecular weight excluding hydrogens is 372 g/mol. The summed E-state index contributed by atoms with van der Waals surface area (Å²) in [5, 5.41) is 3.31. The molecule has 0 radical (unpaired) electrons. The summed E-state index contributed by atoms with van der Waals surface area (Å²) in [6.07, 6.45) is 0. The lowest BCUT2D eigenvalue weighted by Gasteiger charge is -2.14. The van der Waals surface area contributed by atoms with Gasteiger partial charge in [0.15, 0.2) is 0 Å². The third kappa shape index (κ3) is 3.04. The largest absolute Gasteiger partial charge is 0.495 e. The van der Waals surface area contributed by atoms with Crippen molar-refractivity contribution < 1.29 is 4.74 Å². The minimum absolute atomic E-state index is 0.747. The van der Waals surface area contributed by atoms with Crippen LogP contribution in [0, 0.1) is 6.92 Å². The van der Waals surface area contributed by atoms with E-state index in [4.69, 9.17) is 10.5 Å². The summed E-state index contributed by atoms with van der Waals surface area (Å²) >= 11 is 6.97. The van der Waals surface area contributed by atoms with Gasteiger partial charge in [0.25, 0.3) is 0 Å². The Morgan fingerprint density at radius 2 is 1.84 bits per heavy atom. The molecule has 0 saturated carbocycles. The number of rotatable bonds is 3. The van der Waals surface area contributed by atoms with Crippen molar-refractivity contribution in [3.63, 3.8) is 0 Å². The van der Waals surface area contributed by atoms with Crippen molar-refractivity contribution in [1.29, 1.82) is 0 Å². The number of benzene rings is 2. The molecule has 0 spiro atoms. The Kier molecular flexibility index (Phi) is 4.37. The summed E-state index contributed by atoms with van der Waals surface area (Å²) in [5.74, 6) is 0.761. The summed E-state index contributed by atoms with van der Waals surface area (Å²) < 4.78 is 7.12. The molecule has 0 aliphatic heterocycles. The van der Waals surface area contributed by atoms with Crippen LogP contribution in [0.2, 0.25) is 0 Å². The first-order valence-electron chi connectivity index (χ1n) is 5.68. The van der Waals surface area contributed by atoms with Gasteiger partial charge in [0.05, 0.1) is 28.6 Å². The average Bonchev–Trinajstić information content (AvgIpc) is 2.38. The molecule has 0 aliphatic carbocycles. The maximum absolute atomic E-state index is 6.06. The second kappa shape index (κ2) is 5.84. The molecule has 19 heavy (non-hydrogen) atoms. The standard InChI is InChI=1S/C14H14Br2N2O/c1-8-4-3-5-11(14(8)17)18-12-7-13(19-2)10(16)6-9(12)15/h3-7,18H,17H2,1-2H3. The first-order chi connectivity index (χ1) is 9.02. The quantitative estimate of drug-likeness (QED) is 0.742. The van der Waals surface area contributed by atoms with Crippen LogP contribution in [0.3, 0.4) is 0 Å². The van der Waals surface area contributed by atoms with Crippen molar-refractivity contribution in [1.82, 2.24) is 0 Å². The lowest BCUT2D eigenvalue weighted by atomic mass is 10.1. The van der Waals surface area contributed by atoms with Crippen molar-refractivity contribution in [2.75, 3.05) is 18.2 Å². The highest BCUT2D eigenvalue weighted by molar-refractivity contribution is 9.11. The van der Waals surface area contributed by atoms with Crippen LogP contribution in [0.5, 0.6) is 5.75 Å². The van der Waals surface area contributed by atoms with Gasteiger partial charge in [-0.1, -0.05) is 12.1 Å². The fraction of sp³-hybridized carbons (Fsp3) is 0.143. The van der Waals surface area contributed by atoms with E-state index in [-0.39, 0.29) is 0 Å². The summed E-state index contributed by atoms with van der Waals surface area (Å²) in [5.41, 5.74) is 9.64. The molecule has 0 fully saturated rings. The van der Waals surface area contributed by atoms with Crippen molar-refractivity contribution >= 4 is 48.9 Å². The van der Waals surface area contributed by atoms with Crippen LogP contribution in [0.25, 0.3) is 0 Å². The Bertz CT molecular complexity index is 615. The van der Waals surface area contributed by atoms with E-state index in [0.717, 1.165) is 37.3 Å². The highest BCUT2D eigenvalue weighted by Gasteiger charge is 2.09.